The Morgan fingerprint density at radius 2 is 1.37 bits per heavy atom. The molecule has 7 aliphatic rings. The maximum atomic E-state index is 13.5. The fraction of sp³-hybridized carbons (Fsp3) is 0.429. The van der Waals surface area contributed by atoms with Crippen molar-refractivity contribution in [2.45, 2.75) is 82.6 Å². The molecule has 52 heavy (non-hydrogen) atoms. The fourth-order valence-electron chi connectivity index (χ4n) is 9.18. The van der Waals surface area contributed by atoms with Gasteiger partial charge in [-0.2, -0.15) is 0 Å². The molecule has 2 N–H and O–H groups in total. The Hall–Kier alpha value is -4.80. The summed E-state index contributed by atoms with van der Waals surface area (Å²) in [6.07, 6.45) is 10.5. The van der Waals surface area contributed by atoms with Crippen molar-refractivity contribution in [1.29, 1.82) is 0 Å². The van der Waals surface area contributed by atoms with Gasteiger partial charge in [-0.05, 0) is 111 Å². The normalized spacial score (nSPS) is 24.0. The minimum Gasteiger partial charge on any atom is -0.316 e. The van der Waals surface area contributed by atoms with Crippen LogP contribution in [-0.4, -0.2) is 105 Å². The molecule has 4 amide bonds. The molecular weight excluding hydrogens is 649 g/mol. The van der Waals surface area contributed by atoms with E-state index in [1.54, 1.807) is 0 Å². The second-order valence-electron chi connectivity index (χ2n) is 15.5. The van der Waals surface area contributed by atoms with E-state index in [2.05, 4.69) is 69.5 Å². The van der Waals surface area contributed by atoms with E-state index in [1.807, 2.05) is 53.7 Å². The molecule has 7 fully saturated rings. The van der Waals surface area contributed by atoms with Gasteiger partial charge in [0, 0.05) is 91.3 Å². The molecule has 268 valence electrons. The second kappa shape index (κ2) is 13.6. The highest BCUT2D eigenvalue weighted by Crippen LogP contribution is 2.38. The van der Waals surface area contributed by atoms with E-state index in [-0.39, 0.29) is 12.1 Å². The molecule has 10 heteroatoms. The summed E-state index contributed by atoms with van der Waals surface area (Å²) in [5, 5.41) is 6.40. The maximum absolute atomic E-state index is 13.5. The van der Waals surface area contributed by atoms with Crippen LogP contribution in [0.3, 0.4) is 0 Å². The van der Waals surface area contributed by atoms with Crippen LogP contribution in [0.1, 0.15) is 55.7 Å². The molecule has 0 radical (unpaired) electrons. The lowest BCUT2D eigenvalue weighted by molar-refractivity contribution is -0.0604. The summed E-state index contributed by atoms with van der Waals surface area (Å²) in [7, 11) is 0. The monoisotopic (exact) mass is 696 g/mol. The number of piperidine rings is 2. The predicted molar refractivity (Wildman–Crippen MR) is 204 cm³/mol. The molecule has 1 saturated carbocycles. The molecule has 6 saturated heterocycles. The van der Waals surface area contributed by atoms with Gasteiger partial charge in [-0.3, -0.25) is 19.8 Å². The Morgan fingerprint density at radius 3 is 2.00 bits per heavy atom. The third kappa shape index (κ3) is 6.21. The number of amides is 4. The minimum atomic E-state index is -0.0153. The summed E-state index contributed by atoms with van der Waals surface area (Å²) >= 11 is 0. The lowest BCUT2D eigenvalue weighted by Gasteiger charge is -2.58. The van der Waals surface area contributed by atoms with Gasteiger partial charge in [0.2, 0.25) is 0 Å². The molecule has 6 aliphatic heterocycles. The first-order valence-corrected chi connectivity index (χ1v) is 19.2. The van der Waals surface area contributed by atoms with Gasteiger partial charge >= 0.3 is 12.1 Å². The van der Waals surface area contributed by atoms with Crippen molar-refractivity contribution in [3.8, 4) is 22.5 Å². The average Bonchev–Trinajstić information content (AvgIpc) is 3.12. The first kappa shape index (κ1) is 33.1. The van der Waals surface area contributed by atoms with Gasteiger partial charge in [0.25, 0.3) is 0 Å². The van der Waals surface area contributed by atoms with Gasteiger partial charge in [-0.1, -0.05) is 31.5 Å². The highest BCUT2D eigenvalue weighted by molar-refractivity contribution is 5.92. The van der Waals surface area contributed by atoms with Crippen LogP contribution in [0.2, 0.25) is 0 Å². The highest BCUT2D eigenvalue weighted by Gasteiger charge is 2.49. The molecule has 1 aliphatic carbocycles. The van der Waals surface area contributed by atoms with Crippen LogP contribution in [0.4, 0.5) is 21.0 Å². The van der Waals surface area contributed by atoms with E-state index >= 15 is 0 Å². The van der Waals surface area contributed by atoms with Crippen LogP contribution in [0.5, 0.6) is 0 Å². The first-order valence-electron chi connectivity index (χ1n) is 19.2. The lowest BCUT2D eigenvalue weighted by atomic mass is 9.83. The molecule has 4 unspecified atom stereocenters. The van der Waals surface area contributed by atoms with Gasteiger partial charge in [-0.15, -0.1) is 0 Å². The van der Waals surface area contributed by atoms with Crippen LogP contribution >= 0.6 is 0 Å². The van der Waals surface area contributed by atoms with E-state index in [9.17, 15) is 9.59 Å². The number of aryl methyl sites for hydroxylation is 1. The smallest absolute Gasteiger partial charge is 0.316 e. The molecule has 4 bridgehead atoms. The third-order valence-electron chi connectivity index (χ3n) is 12.3. The number of fused-ring (bicyclic) bond motifs is 4. The third-order valence-corrected chi connectivity index (χ3v) is 12.3. The van der Waals surface area contributed by atoms with Crippen molar-refractivity contribution < 1.29 is 9.59 Å². The number of anilines is 2. The van der Waals surface area contributed by atoms with Gasteiger partial charge < -0.3 is 20.4 Å². The number of likely N-dealkylation sites (N-methyl/N-ethyl adjacent to an activating group) is 1. The number of carbonyl (C=O) groups is 2. The predicted octanol–water partition coefficient (Wildman–Crippen LogP) is 6.86. The van der Waals surface area contributed by atoms with Crippen LogP contribution in [-0.2, 0) is 6.42 Å². The number of benzene rings is 2. The Bertz CT molecular complexity index is 1960. The molecule has 8 heterocycles. The van der Waals surface area contributed by atoms with Crippen LogP contribution in [0.15, 0.2) is 79.1 Å². The Morgan fingerprint density at radius 1 is 0.712 bits per heavy atom. The number of aromatic nitrogens is 2. The summed E-state index contributed by atoms with van der Waals surface area (Å²) < 4.78 is 0. The minimum absolute atomic E-state index is 0.00216. The molecule has 11 rings (SSSR count). The lowest BCUT2D eigenvalue weighted by Crippen LogP contribution is -2.72. The maximum Gasteiger partial charge on any atom is 0.322 e. The number of rotatable bonds is 8. The molecule has 2 aromatic heterocycles. The Labute approximate surface area is 306 Å². The van der Waals surface area contributed by atoms with Crippen LogP contribution < -0.4 is 10.6 Å². The fourth-order valence-corrected chi connectivity index (χ4v) is 9.18. The average molecular weight is 697 g/mol. The summed E-state index contributed by atoms with van der Waals surface area (Å²) in [5.41, 5.74) is 8.62. The summed E-state index contributed by atoms with van der Waals surface area (Å²) in [6, 6.07) is 24.3. The van der Waals surface area contributed by atoms with Crippen LogP contribution in [0.25, 0.3) is 22.5 Å². The zero-order chi connectivity index (χ0) is 35.3. The summed E-state index contributed by atoms with van der Waals surface area (Å²) in [5.74, 6) is 0. The van der Waals surface area contributed by atoms with Crippen molar-refractivity contribution in [1.82, 2.24) is 29.6 Å². The molecule has 10 nitrogen and oxygen atoms in total. The van der Waals surface area contributed by atoms with Crippen LogP contribution in [0, 0.1) is 6.92 Å². The molecule has 4 atom stereocenters. The largest absolute Gasteiger partial charge is 0.322 e. The van der Waals surface area contributed by atoms with E-state index in [1.165, 1.54) is 19.3 Å². The Kier molecular flexibility index (Phi) is 8.67. The van der Waals surface area contributed by atoms with E-state index in [0.29, 0.717) is 30.6 Å². The number of piperazine rings is 2. The van der Waals surface area contributed by atoms with Crippen molar-refractivity contribution >= 4 is 23.4 Å². The number of carbonyl (C=O) groups excluding carboxylic acids is 2. The van der Waals surface area contributed by atoms with Crippen molar-refractivity contribution in [3.05, 3.63) is 95.8 Å². The van der Waals surface area contributed by atoms with Crippen molar-refractivity contribution in [2.75, 3.05) is 43.4 Å². The zero-order valence-corrected chi connectivity index (χ0v) is 30.2. The van der Waals surface area contributed by atoms with E-state index in [4.69, 9.17) is 9.97 Å². The standard InChI is InChI=1S/C42H48N8O2/c1-3-47-23-33-21-34(24-47)49(33)41(51)45-30-12-10-27(2)37(19-30)40-18-28(14-16-44-40)17-29-11-13-31(20-38(29)39-9-4-5-15-43-39)46-42(52)50-35-22-36(50)26-48(25-35)32-7-6-8-32/h4-5,9-16,18-20,32-36H,3,6-8,17,21-26H2,1-2H3,(H,45,51)(H,46,52). The van der Waals surface area contributed by atoms with E-state index in [0.717, 1.165) is 102 Å². The quantitative estimate of drug-likeness (QED) is 0.209. The van der Waals surface area contributed by atoms with Crippen molar-refractivity contribution in [3.63, 3.8) is 0 Å². The van der Waals surface area contributed by atoms with Crippen molar-refractivity contribution in [2.24, 2.45) is 0 Å². The molecular formula is C42H48N8O2. The first-order chi connectivity index (χ1) is 25.4. The second-order valence-corrected chi connectivity index (χ2v) is 15.5. The number of nitrogens with one attached hydrogen (secondary N) is 2. The van der Waals surface area contributed by atoms with Gasteiger partial charge in [0.15, 0.2) is 0 Å². The number of urea groups is 2. The molecule has 4 aromatic rings. The Balaban J connectivity index is 0.913. The molecule has 0 spiro atoms. The van der Waals surface area contributed by atoms with Gasteiger partial charge in [0.1, 0.15) is 0 Å². The highest BCUT2D eigenvalue weighted by atomic mass is 16.2. The topological polar surface area (TPSA) is 96.9 Å². The van der Waals surface area contributed by atoms with Gasteiger partial charge in [-0.25, -0.2) is 9.59 Å². The number of nitrogens with zero attached hydrogens (tertiary/aromatic N) is 6. The zero-order valence-electron chi connectivity index (χ0n) is 30.2. The SMILES string of the molecule is CCN1CC2CC(C1)N2C(=O)Nc1ccc(C)c(-c2cc(Cc3ccc(NC(=O)N4C5CC4CN(C4CCC4)C5)cc3-c3ccccn3)ccn2)c1. The number of hydrogen-bond acceptors (Lipinski definition) is 6. The molecule has 2 aromatic carbocycles. The van der Waals surface area contributed by atoms with Gasteiger partial charge in [0.05, 0.1) is 11.4 Å². The number of pyridine rings is 2. The summed E-state index contributed by atoms with van der Waals surface area (Å²) in [6.45, 7) is 9.20. The number of hydrogen-bond donors (Lipinski definition) is 2. The van der Waals surface area contributed by atoms with E-state index < -0.39 is 0 Å². The summed E-state index contributed by atoms with van der Waals surface area (Å²) in [4.78, 5) is 45.5.